The van der Waals surface area contributed by atoms with Crippen molar-refractivity contribution in [3.8, 4) is 0 Å². The van der Waals surface area contributed by atoms with E-state index in [0.717, 1.165) is 3.57 Å². The van der Waals surface area contributed by atoms with Gasteiger partial charge in [0, 0.05) is 9.49 Å². The van der Waals surface area contributed by atoms with Crippen LogP contribution in [0.5, 0.6) is 0 Å². The van der Waals surface area contributed by atoms with Crippen LogP contribution < -0.4 is 21.7 Å². The van der Waals surface area contributed by atoms with E-state index in [4.69, 9.17) is 5.73 Å². The number of carbonyl (C=O) groups is 4. The van der Waals surface area contributed by atoms with E-state index >= 15 is 0 Å². The minimum atomic E-state index is -1.46. The Labute approximate surface area is 178 Å². The van der Waals surface area contributed by atoms with E-state index in [1.807, 2.05) is 0 Å². The number of rotatable bonds is 7. The van der Waals surface area contributed by atoms with Gasteiger partial charge in [-0.2, -0.15) is 0 Å². The summed E-state index contributed by atoms with van der Waals surface area (Å²) in [5.74, 6) is -2.38. The lowest BCUT2D eigenvalue weighted by atomic mass is 9.89. The first-order valence-corrected chi connectivity index (χ1v) is 9.80. The van der Waals surface area contributed by atoms with Crippen LogP contribution in [0, 0.1) is 14.9 Å². The van der Waals surface area contributed by atoms with Crippen molar-refractivity contribution in [3.63, 3.8) is 0 Å². The highest BCUT2D eigenvalue weighted by Gasteiger charge is 2.39. The van der Waals surface area contributed by atoms with Gasteiger partial charge in [0.2, 0.25) is 23.6 Å². The first-order valence-electron chi connectivity index (χ1n) is 8.73. The number of halogens is 1. The minimum Gasteiger partial charge on any atom is -0.369 e. The van der Waals surface area contributed by atoms with Gasteiger partial charge in [0.05, 0.1) is 11.4 Å². The van der Waals surface area contributed by atoms with Gasteiger partial charge in [-0.15, -0.1) is 0 Å². The van der Waals surface area contributed by atoms with Crippen LogP contribution in [0.15, 0.2) is 18.2 Å². The number of nitrogens with two attached hydrogens (primary N) is 1. The predicted molar refractivity (Wildman–Crippen MR) is 116 cm³/mol. The number of nitrogens with one attached hydrogen (secondary N) is 3. The Morgan fingerprint density at radius 1 is 0.964 bits per heavy atom. The normalized spacial score (nSPS) is 11.7. The van der Waals surface area contributed by atoms with Gasteiger partial charge in [-0.3, -0.25) is 19.2 Å². The van der Waals surface area contributed by atoms with Crippen LogP contribution in [0.2, 0.25) is 0 Å². The van der Waals surface area contributed by atoms with E-state index in [1.54, 1.807) is 32.0 Å². The Kier molecular flexibility index (Phi) is 7.58. The van der Waals surface area contributed by atoms with Crippen LogP contribution in [0.25, 0.3) is 0 Å². The number of hydrogen-bond acceptors (Lipinski definition) is 4. The zero-order valence-corrected chi connectivity index (χ0v) is 19.1. The van der Waals surface area contributed by atoms with Crippen molar-refractivity contribution in [2.24, 2.45) is 17.1 Å². The molecular formula is C19H27IN4O4. The van der Waals surface area contributed by atoms with Crippen molar-refractivity contribution >= 4 is 57.6 Å². The monoisotopic (exact) mass is 502 g/mol. The highest BCUT2D eigenvalue weighted by Crippen LogP contribution is 2.26. The van der Waals surface area contributed by atoms with Crippen molar-refractivity contribution in [1.82, 2.24) is 5.32 Å². The highest BCUT2D eigenvalue weighted by molar-refractivity contribution is 14.1. The molecule has 8 nitrogen and oxygen atoms in total. The van der Waals surface area contributed by atoms with Gasteiger partial charge in [0.1, 0.15) is 11.0 Å². The second-order valence-corrected chi connectivity index (χ2v) is 9.10. The molecule has 0 aliphatic carbocycles. The first-order chi connectivity index (χ1) is 12.7. The number of benzene rings is 1. The predicted octanol–water partition coefficient (Wildman–Crippen LogP) is 2.23. The van der Waals surface area contributed by atoms with E-state index in [1.165, 1.54) is 27.7 Å². The second-order valence-electron chi connectivity index (χ2n) is 7.86. The van der Waals surface area contributed by atoms with Gasteiger partial charge < -0.3 is 21.7 Å². The van der Waals surface area contributed by atoms with Gasteiger partial charge in [0.25, 0.3) is 0 Å². The number of primary amides is 1. The van der Waals surface area contributed by atoms with Crippen LogP contribution in [-0.4, -0.2) is 29.2 Å². The van der Waals surface area contributed by atoms with Crippen molar-refractivity contribution < 1.29 is 19.2 Å². The van der Waals surface area contributed by atoms with Gasteiger partial charge in [-0.05, 0) is 68.5 Å². The molecular weight excluding hydrogens is 475 g/mol. The maximum atomic E-state index is 12.8. The summed E-state index contributed by atoms with van der Waals surface area (Å²) in [4.78, 5) is 48.6. The maximum absolute atomic E-state index is 12.8. The van der Waals surface area contributed by atoms with E-state index in [2.05, 4.69) is 38.5 Å². The molecule has 0 bridgehead atoms. The van der Waals surface area contributed by atoms with Gasteiger partial charge in [-0.1, -0.05) is 13.8 Å². The molecule has 1 aromatic carbocycles. The zero-order valence-electron chi connectivity index (χ0n) is 16.9. The minimum absolute atomic E-state index is 0.187. The number of amides is 4. The third-order valence-electron chi connectivity index (χ3n) is 4.19. The molecule has 0 saturated carbocycles. The highest BCUT2D eigenvalue weighted by atomic mass is 127. The summed E-state index contributed by atoms with van der Waals surface area (Å²) < 4.78 is 0.880. The maximum Gasteiger partial charge on any atom is 0.249 e. The topological polar surface area (TPSA) is 130 Å². The Morgan fingerprint density at radius 3 is 2.04 bits per heavy atom. The zero-order chi connectivity index (χ0) is 21.9. The Hall–Kier alpha value is -2.17. The number of anilines is 2. The summed E-state index contributed by atoms with van der Waals surface area (Å²) in [5, 5.41) is 8.05. The van der Waals surface area contributed by atoms with Crippen molar-refractivity contribution in [3.05, 3.63) is 21.8 Å². The van der Waals surface area contributed by atoms with Crippen LogP contribution in [0.4, 0.5) is 11.4 Å². The summed E-state index contributed by atoms with van der Waals surface area (Å²) in [7, 11) is 0. The molecule has 0 fully saturated rings. The van der Waals surface area contributed by atoms with Gasteiger partial charge >= 0.3 is 0 Å². The molecule has 1 aromatic rings. The summed E-state index contributed by atoms with van der Waals surface area (Å²) in [6.45, 7) is 9.32. The molecule has 4 amide bonds. The molecule has 0 heterocycles. The van der Waals surface area contributed by atoms with Crippen LogP contribution in [0.3, 0.4) is 0 Å². The third kappa shape index (κ3) is 5.91. The van der Waals surface area contributed by atoms with Crippen LogP contribution >= 0.6 is 22.6 Å². The lowest BCUT2D eigenvalue weighted by molar-refractivity contribution is -0.142. The molecule has 0 spiro atoms. The largest absolute Gasteiger partial charge is 0.369 e. The summed E-state index contributed by atoms with van der Waals surface area (Å²) in [6, 6.07) is 5.18. The molecule has 0 atom stereocenters. The van der Waals surface area contributed by atoms with Gasteiger partial charge in [0.15, 0.2) is 0 Å². The standard InChI is InChI=1S/C19H27IN4O4/c1-10(2)14(25)22-13-9-11(20)7-8-12(13)23-17(28)19(5,6)24-16(27)18(3,4)15(21)26/h7-10H,1-6H3,(H2,21,26)(H,22,25)(H,23,28)(H,24,27). The molecule has 1 rings (SSSR count). The SMILES string of the molecule is CC(C)C(=O)Nc1cc(I)ccc1NC(=O)C(C)(C)NC(=O)C(C)(C)C(N)=O. The van der Waals surface area contributed by atoms with E-state index in [-0.39, 0.29) is 11.8 Å². The molecule has 0 aliphatic heterocycles. The van der Waals surface area contributed by atoms with Crippen LogP contribution in [-0.2, 0) is 19.2 Å². The average Bonchev–Trinajstić information content (AvgIpc) is 2.56. The fourth-order valence-electron chi connectivity index (χ4n) is 1.89. The molecule has 9 heteroatoms. The third-order valence-corrected chi connectivity index (χ3v) is 4.86. The fourth-order valence-corrected chi connectivity index (χ4v) is 2.38. The first kappa shape index (κ1) is 23.9. The molecule has 0 aromatic heterocycles. The van der Waals surface area contributed by atoms with Crippen molar-refractivity contribution in [2.75, 3.05) is 10.6 Å². The lowest BCUT2D eigenvalue weighted by Crippen LogP contribution is -2.57. The molecule has 5 N–H and O–H groups in total. The van der Waals surface area contributed by atoms with Crippen molar-refractivity contribution in [2.45, 2.75) is 47.1 Å². The smallest absolute Gasteiger partial charge is 0.249 e. The molecule has 28 heavy (non-hydrogen) atoms. The summed E-state index contributed by atoms with van der Waals surface area (Å²) >= 11 is 2.10. The molecule has 0 unspecified atom stereocenters. The molecule has 0 aliphatic rings. The Morgan fingerprint density at radius 2 is 1.54 bits per heavy atom. The van der Waals surface area contributed by atoms with E-state index in [9.17, 15) is 19.2 Å². The number of hydrogen-bond donors (Lipinski definition) is 4. The summed E-state index contributed by atoms with van der Waals surface area (Å²) in [5.41, 5.74) is 3.32. The second kappa shape index (κ2) is 8.89. The quantitative estimate of drug-likeness (QED) is 0.337. The fraction of sp³-hybridized carbons (Fsp3) is 0.474. The Bertz CT molecular complexity index is 803. The van der Waals surface area contributed by atoms with E-state index in [0.29, 0.717) is 11.4 Å². The average molecular weight is 502 g/mol. The van der Waals surface area contributed by atoms with Crippen LogP contribution in [0.1, 0.15) is 41.5 Å². The summed E-state index contributed by atoms with van der Waals surface area (Å²) in [6.07, 6.45) is 0. The van der Waals surface area contributed by atoms with Gasteiger partial charge in [-0.25, -0.2) is 0 Å². The van der Waals surface area contributed by atoms with Crippen molar-refractivity contribution in [1.29, 1.82) is 0 Å². The number of carbonyl (C=O) groups excluding carboxylic acids is 4. The molecule has 154 valence electrons. The lowest BCUT2D eigenvalue weighted by Gasteiger charge is -2.30. The van der Waals surface area contributed by atoms with E-state index < -0.39 is 28.7 Å². The molecule has 0 radical (unpaired) electrons. The molecule has 0 saturated heterocycles. The Balaban J connectivity index is 3.04.